The molecule has 20 heavy (non-hydrogen) atoms. The van der Waals surface area contributed by atoms with Gasteiger partial charge >= 0.3 is 11.9 Å². The van der Waals surface area contributed by atoms with Crippen LogP contribution in [-0.4, -0.2) is 28.9 Å². The summed E-state index contributed by atoms with van der Waals surface area (Å²) in [5.74, 6) is -1.90. The van der Waals surface area contributed by atoms with Crippen LogP contribution < -0.4 is 0 Å². The maximum absolute atomic E-state index is 12.4. The van der Waals surface area contributed by atoms with Crippen LogP contribution in [0.4, 0.5) is 0 Å². The van der Waals surface area contributed by atoms with Crippen LogP contribution in [0.5, 0.6) is 0 Å². The normalized spacial score (nSPS) is 36.5. The second-order valence-corrected chi connectivity index (χ2v) is 6.83. The highest BCUT2D eigenvalue weighted by molar-refractivity contribution is 6.04. The first-order chi connectivity index (χ1) is 8.99. The number of allylic oxidation sites excluding steroid dienone is 1. The molecule has 0 spiro atoms. The van der Waals surface area contributed by atoms with Crippen LogP contribution in [0.3, 0.4) is 0 Å². The van der Waals surface area contributed by atoms with E-state index in [1.54, 1.807) is 33.8 Å². The fourth-order valence-electron chi connectivity index (χ4n) is 2.79. The summed E-state index contributed by atoms with van der Waals surface area (Å²) in [4.78, 5) is 36.3. The Morgan fingerprint density at radius 3 is 2.50 bits per heavy atom. The largest absolute Gasteiger partial charge is 0.459 e. The van der Waals surface area contributed by atoms with Crippen LogP contribution in [-0.2, 0) is 23.9 Å². The van der Waals surface area contributed by atoms with E-state index in [9.17, 15) is 14.4 Å². The maximum atomic E-state index is 12.4. The Morgan fingerprint density at radius 2 is 1.95 bits per heavy atom. The van der Waals surface area contributed by atoms with Gasteiger partial charge in [-0.15, -0.1) is 0 Å². The third kappa shape index (κ3) is 2.15. The molecule has 0 N–H and O–H groups in total. The fourth-order valence-corrected chi connectivity index (χ4v) is 2.79. The van der Waals surface area contributed by atoms with Crippen LogP contribution in [0.1, 0.15) is 41.0 Å². The van der Waals surface area contributed by atoms with Gasteiger partial charge in [-0.3, -0.25) is 14.4 Å². The average Bonchev–Trinajstić information content (AvgIpc) is 2.48. The van der Waals surface area contributed by atoms with Crippen molar-refractivity contribution >= 4 is 17.7 Å². The number of carbonyl (C=O) groups excluding carboxylic acids is 3. The minimum Gasteiger partial charge on any atom is -0.459 e. The summed E-state index contributed by atoms with van der Waals surface area (Å²) in [5.41, 5.74) is -3.06. The van der Waals surface area contributed by atoms with Gasteiger partial charge < -0.3 is 9.47 Å². The number of esters is 2. The summed E-state index contributed by atoms with van der Waals surface area (Å²) < 4.78 is 10.7. The van der Waals surface area contributed by atoms with Crippen LogP contribution in [0, 0.1) is 11.3 Å². The summed E-state index contributed by atoms with van der Waals surface area (Å²) in [6.45, 7) is 8.43. The number of hydrogen-bond acceptors (Lipinski definition) is 5. The molecule has 5 heteroatoms. The molecule has 110 valence electrons. The minimum absolute atomic E-state index is 0.106. The lowest BCUT2D eigenvalue weighted by atomic mass is 9.67. The average molecular weight is 280 g/mol. The van der Waals surface area contributed by atoms with Crippen LogP contribution in [0.15, 0.2) is 12.2 Å². The van der Waals surface area contributed by atoms with Crippen molar-refractivity contribution < 1.29 is 23.9 Å². The van der Waals surface area contributed by atoms with Crippen LogP contribution >= 0.6 is 0 Å². The van der Waals surface area contributed by atoms with E-state index in [-0.39, 0.29) is 12.2 Å². The van der Waals surface area contributed by atoms with Crippen LogP contribution in [0.2, 0.25) is 0 Å². The molecule has 1 aliphatic heterocycles. The first kappa shape index (κ1) is 14.8. The Kier molecular flexibility index (Phi) is 3.08. The zero-order chi connectivity index (χ0) is 15.3. The number of fused-ring (bicyclic) bond motifs is 1. The zero-order valence-electron chi connectivity index (χ0n) is 12.5. The molecule has 0 aromatic carbocycles. The zero-order valence-corrected chi connectivity index (χ0v) is 12.5. The second-order valence-electron chi connectivity index (χ2n) is 6.83. The molecule has 0 aromatic rings. The lowest BCUT2D eigenvalue weighted by molar-refractivity contribution is -0.173. The highest BCUT2D eigenvalue weighted by Crippen LogP contribution is 2.51. The molecule has 0 saturated carbocycles. The third-order valence-electron chi connectivity index (χ3n) is 3.95. The van der Waals surface area contributed by atoms with E-state index in [4.69, 9.17) is 9.47 Å². The van der Waals surface area contributed by atoms with Gasteiger partial charge in [0.2, 0.25) is 0 Å². The number of carbonyl (C=O) groups is 3. The number of ether oxygens (including phenoxy) is 2. The Morgan fingerprint density at radius 1 is 1.35 bits per heavy atom. The van der Waals surface area contributed by atoms with Crippen LogP contribution in [0.25, 0.3) is 0 Å². The molecule has 1 heterocycles. The van der Waals surface area contributed by atoms with Gasteiger partial charge in [-0.25, -0.2) is 0 Å². The topological polar surface area (TPSA) is 69.7 Å². The lowest BCUT2D eigenvalue weighted by Crippen LogP contribution is -2.47. The van der Waals surface area contributed by atoms with Crippen molar-refractivity contribution in [2.75, 3.05) is 0 Å². The number of rotatable bonds is 1. The number of hydrogen-bond donors (Lipinski definition) is 0. The van der Waals surface area contributed by atoms with Gasteiger partial charge in [0.15, 0.2) is 11.2 Å². The standard InChI is InChI=1S/C15H20O5/c1-13(2,3)19-11(17)15(5)10-8-9(16)6-7-14(10,4)20-12(15)18/h6-7,10H,8H2,1-5H3/t10-,14+,15-/m0/s1. The summed E-state index contributed by atoms with van der Waals surface area (Å²) in [5, 5.41) is 0. The summed E-state index contributed by atoms with van der Waals surface area (Å²) in [6.07, 6.45) is 3.08. The predicted molar refractivity (Wildman–Crippen MR) is 70.7 cm³/mol. The van der Waals surface area contributed by atoms with Gasteiger partial charge in [-0.05, 0) is 46.8 Å². The first-order valence-corrected chi connectivity index (χ1v) is 6.68. The second kappa shape index (κ2) is 4.17. The minimum atomic E-state index is -1.44. The Balaban J connectivity index is 2.40. The van der Waals surface area contributed by atoms with Crippen molar-refractivity contribution in [3.63, 3.8) is 0 Å². The highest BCUT2D eigenvalue weighted by atomic mass is 16.6. The third-order valence-corrected chi connectivity index (χ3v) is 3.95. The van der Waals surface area contributed by atoms with Crippen molar-refractivity contribution in [3.8, 4) is 0 Å². The van der Waals surface area contributed by atoms with Crippen molar-refractivity contribution in [2.24, 2.45) is 11.3 Å². The van der Waals surface area contributed by atoms with Gasteiger partial charge in [-0.1, -0.05) is 0 Å². The Hall–Kier alpha value is -1.65. The molecular weight excluding hydrogens is 260 g/mol. The van der Waals surface area contributed by atoms with E-state index in [0.29, 0.717) is 0 Å². The molecule has 0 unspecified atom stereocenters. The summed E-state index contributed by atoms with van der Waals surface area (Å²) >= 11 is 0. The number of ketones is 1. The molecule has 2 aliphatic rings. The molecule has 0 radical (unpaired) electrons. The van der Waals surface area contributed by atoms with Gasteiger partial charge in [0, 0.05) is 12.3 Å². The van der Waals surface area contributed by atoms with Gasteiger partial charge in [0.1, 0.15) is 11.2 Å². The Labute approximate surface area is 118 Å². The van der Waals surface area contributed by atoms with Gasteiger partial charge in [-0.2, -0.15) is 0 Å². The van der Waals surface area contributed by atoms with E-state index in [0.717, 1.165) is 0 Å². The summed E-state index contributed by atoms with van der Waals surface area (Å²) in [6, 6.07) is 0. The van der Waals surface area contributed by atoms with Gasteiger partial charge in [0.05, 0.1) is 0 Å². The lowest BCUT2D eigenvalue weighted by Gasteiger charge is -2.34. The molecule has 5 nitrogen and oxygen atoms in total. The maximum Gasteiger partial charge on any atom is 0.324 e. The molecule has 1 fully saturated rings. The van der Waals surface area contributed by atoms with Crippen molar-refractivity contribution in [1.29, 1.82) is 0 Å². The monoisotopic (exact) mass is 280 g/mol. The van der Waals surface area contributed by atoms with E-state index >= 15 is 0 Å². The van der Waals surface area contributed by atoms with Crippen molar-refractivity contribution in [2.45, 2.75) is 52.2 Å². The predicted octanol–water partition coefficient (Wildman–Crippen LogP) is 1.80. The molecule has 0 bridgehead atoms. The molecule has 0 amide bonds. The Bertz CT molecular complexity index is 513. The summed E-state index contributed by atoms with van der Waals surface area (Å²) in [7, 11) is 0. The highest BCUT2D eigenvalue weighted by Gasteiger charge is 2.65. The van der Waals surface area contributed by atoms with E-state index in [1.807, 2.05) is 0 Å². The first-order valence-electron chi connectivity index (χ1n) is 6.68. The molecule has 0 aromatic heterocycles. The fraction of sp³-hybridized carbons (Fsp3) is 0.667. The molecule has 1 aliphatic carbocycles. The SMILES string of the molecule is CC(C)(C)OC(=O)[C@@]1(C)C(=O)O[C@]2(C)C=CC(=O)C[C@H]12. The quantitative estimate of drug-likeness (QED) is 0.541. The van der Waals surface area contributed by atoms with E-state index in [1.165, 1.54) is 13.0 Å². The van der Waals surface area contributed by atoms with E-state index in [2.05, 4.69) is 0 Å². The van der Waals surface area contributed by atoms with Gasteiger partial charge in [0.25, 0.3) is 0 Å². The van der Waals surface area contributed by atoms with E-state index < -0.39 is 34.5 Å². The molecule has 3 atom stereocenters. The van der Waals surface area contributed by atoms with Crippen molar-refractivity contribution in [3.05, 3.63) is 12.2 Å². The molecular formula is C15H20O5. The smallest absolute Gasteiger partial charge is 0.324 e. The van der Waals surface area contributed by atoms with Crippen molar-refractivity contribution in [1.82, 2.24) is 0 Å². The molecule has 1 saturated heterocycles. The molecule has 2 rings (SSSR count).